The van der Waals surface area contributed by atoms with E-state index in [1.54, 1.807) is 0 Å². The monoisotopic (exact) mass is 264 g/mol. The third-order valence-electron chi connectivity index (χ3n) is 3.36. The van der Waals surface area contributed by atoms with Crippen LogP contribution >= 0.6 is 0 Å². The van der Waals surface area contributed by atoms with Gasteiger partial charge in [-0.15, -0.1) is 0 Å². The van der Waals surface area contributed by atoms with Crippen LogP contribution in [-0.4, -0.2) is 11.7 Å². The Hall–Kier alpha value is -1.55. The minimum absolute atomic E-state index is 0.158. The van der Waals surface area contributed by atoms with Crippen molar-refractivity contribution in [3.05, 3.63) is 35.9 Å². The van der Waals surface area contributed by atoms with Gasteiger partial charge in [0.05, 0.1) is 0 Å². The number of rotatable bonds is 6. The summed E-state index contributed by atoms with van der Waals surface area (Å²) in [5.41, 5.74) is 2.61. The summed E-state index contributed by atoms with van der Waals surface area (Å²) in [6.07, 6.45) is 2.59. The zero-order valence-corrected chi connectivity index (χ0v) is 12.0. The third kappa shape index (κ3) is 4.56. The number of nitrogens with two attached hydrogens (primary N) is 1. The fraction of sp³-hybridized carbons (Fsp3) is 0.533. The van der Waals surface area contributed by atoms with E-state index >= 15 is 0 Å². The Morgan fingerprint density at radius 3 is 2.53 bits per heavy atom. The van der Waals surface area contributed by atoms with Crippen molar-refractivity contribution in [3.8, 4) is 0 Å². The molecule has 0 fully saturated rings. The summed E-state index contributed by atoms with van der Waals surface area (Å²) < 4.78 is 5.43. The number of hydrazine groups is 1. The van der Waals surface area contributed by atoms with Crippen LogP contribution in [0.5, 0.6) is 0 Å². The first-order chi connectivity index (χ1) is 9.01. The van der Waals surface area contributed by atoms with Gasteiger partial charge in [0, 0.05) is 5.92 Å². The lowest BCUT2D eigenvalue weighted by atomic mass is 9.81. The molecule has 3 N–H and O–H groups in total. The summed E-state index contributed by atoms with van der Waals surface area (Å²) in [7, 11) is 0. The van der Waals surface area contributed by atoms with Gasteiger partial charge in [0.25, 0.3) is 0 Å². The fourth-order valence-electron chi connectivity index (χ4n) is 2.35. The van der Waals surface area contributed by atoms with Gasteiger partial charge in [-0.25, -0.2) is 10.6 Å². The molecule has 1 amide bonds. The van der Waals surface area contributed by atoms with Crippen LogP contribution in [0.25, 0.3) is 0 Å². The van der Waals surface area contributed by atoms with Gasteiger partial charge in [0.15, 0.2) is 0 Å². The zero-order valence-electron chi connectivity index (χ0n) is 12.0. The molecule has 0 aliphatic heterocycles. The Morgan fingerprint density at radius 2 is 2.00 bits per heavy atom. The van der Waals surface area contributed by atoms with Crippen LogP contribution < -0.4 is 11.3 Å². The van der Waals surface area contributed by atoms with Crippen LogP contribution in [-0.2, 0) is 4.74 Å². The van der Waals surface area contributed by atoms with Crippen LogP contribution in [0.4, 0.5) is 4.79 Å². The Morgan fingerprint density at radius 1 is 1.37 bits per heavy atom. The summed E-state index contributed by atoms with van der Waals surface area (Å²) >= 11 is 0. The van der Waals surface area contributed by atoms with Crippen LogP contribution in [0.15, 0.2) is 30.3 Å². The fourth-order valence-corrected chi connectivity index (χ4v) is 2.35. The highest BCUT2D eigenvalue weighted by atomic mass is 16.6. The average molecular weight is 264 g/mol. The predicted molar refractivity (Wildman–Crippen MR) is 76.6 cm³/mol. The summed E-state index contributed by atoms with van der Waals surface area (Å²) in [6, 6.07) is 10.2. The number of carbonyl (C=O) groups is 1. The summed E-state index contributed by atoms with van der Waals surface area (Å²) in [6.45, 7) is 6.01. The predicted octanol–water partition coefficient (Wildman–Crippen LogP) is 3.34. The first-order valence-electron chi connectivity index (χ1n) is 6.75. The number of ether oxygens (including phenoxy) is 1. The highest BCUT2D eigenvalue weighted by Gasteiger charge is 2.33. The lowest BCUT2D eigenvalue weighted by Crippen LogP contribution is -2.41. The van der Waals surface area contributed by atoms with E-state index in [9.17, 15) is 4.79 Å². The van der Waals surface area contributed by atoms with Crippen LogP contribution in [0, 0.1) is 0 Å². The van der Waals surface area contributed by atoms with Crippen molar-refractivity contribution < 1.29 is 9.53 Å². The standard InChI is InChI=1S/C15H24N2O2/c1-4-5-11-13(12-9-7-6-8-10-12)15(2,3)19-14(18)17-16/h6-10,13H,4-5,11,16H2,1-3H3,(H,17,18). The summed E-state index contributed by atoms with van der Waals surface area (Å²) in [4.78, 5) is 11.4. The summed E-state index contributed by atoms with van der Waals surface area (Å²) in [5, 5.41) is 0. The maximum Gasteiger partial charge on any atom is 0.421 e. The van der Waals surface area contributed by atoms with E-state index in [2.05, 4.69) is 19.1 Å². The van der Waals surface area contributed by atoms with Gasteiger partial charge in [0.1, 0.15) is 5.60 Å². The molecule has 0 heterocycles. The second-order valence-corrected chi connectivity index (χ2v) is 5.24. The number of hydrogen-bond acceptors (Lipinski definition) is 3. The van der Waals surface area contributed by atoms with E-state index < -0.39 is 11.7 Å². The Labute approximate surface area is 115 Å². The average Bonchev–Trinajstić information content (AvgIpc) is 2.39. The minimum Gasteiger partial charge on any atom is -0.442 e. The highest BCUT2D eigenvalue weighted by molar-refractivity contribution is 5.66. The van der Waals surface area contributed by atoms with Crippen molar-refractivity contribution in [2.75, 3.05) is 0 Å². The SMILES string of the molecule is CCCCC(c1ccccc1)C(C)(C)OC(=O)NN. The molecule has 4 heteroatoms. The molecule has 0 spiro atoms. The largest absolute Gasteiger partial charge is 0.442 e. The maximum absolute atomic E-state index is 11.4. The number of benzene rings is 1. The quantitative estimate of drug-likeness (QED) is 0.470. The molecular weight excluding hydrogens is 240 g/mol. The molecule has 0 radical (unpaired) electrons. The first kappa shape index (κ1) is 15.5. The maximum atomic E-state index is 11.4. The Kier molecular flexibility index (Phi) is 5.83. The van der Waals surface area contributed by atoms with Crippen molar-refractivity contribution in [1.29, 1.82) is 0 Å². The van der Waals surface area contributed by atoms with Gasteiger partial charge in [-0.05, 0) is 25.8 Å². The van der Waals surface area contributed by atoms with Gasteiger partial charge < -0.3 is 4.74 Å². The van der Waals surface area contributed by atoms with Gasteiger partial charge in [-0.2, -0.15) is 0 Å². The van der Waals surface area contributed by atoms with Crippen molar-refractivity contribution in [1.82, 2.24) is 5.43 Å². The molecule has 0 aliphatic rings. The highest BCUT2D eigenvalue weighted by Crippen LogP contribution is 2.35. The number of nitrogens with one attached hydrogen (secondary N) is 1. The molecule has 0 saturated carbocycles. The molecule has 0 aromatic heterocycles. The second-order valence-electron chi connectivity index (χ2n) is 5.24. The normalized spacial score (nSPS) is 12.8. The van der Waals surface area contributed by atoms with E-state index in [0.29, 0.717) is 0 Å². The molecule has 1 rings (SSSR count). The molecule has 0 bridgehead atoms. The zero-order chi connectivity index (χ0) is 14.3. The van der Waals surface area contributed by atoms with Gasteiger partial charge >= 0.3 is 6.09 Å². The Bertz CT molecular complexity index is 390. The summed E-state index contributed by atoms with van der Waals surface area (Å²) in [5.74, 6) is 5.25. The lowest BCUT2D eigenvalue weighted by molar-refractivity contribution is 0.0152. The van der Waals surface area contributed by atoms with Gasteiger partial charge in [-0.3, -0.25) is 5.43 Å². The van der Waals surface area contributed by atoms with Crippen molar-refractivity contribution in [3.63, 3.8) is 0 Å². The van der Waals surface area contributed by atoms with Crippen LogP contribution in [0.3, 0.4) is 0 Å². The minimum atomic E-state index is -0.597. The van der Waals surface area contributed by atoms with E-state index in [0.717, 1.165) is 19.3 Å². The molecule has 4 nitrogen and oxygen atoms in total. The van der Waals surface area contributed by atoms with E-state index in [1.165, 1.54) is 5.56 Å². The van der Waals surface area contributed by atoms with Crippen LogP contribution in [0.2, 0.25) is 0 Å². The number of carbonyl (C=O) groups excluding carboxylic acids is 1. The molecule has 1 atom stereocenters. The molecule has 1 unspecified atom stereocenters. The molecule has 1 aromatic rings. The van der Waals surface area contributed by atoms with Gasteiger partial charge in [-0.1, -0.05) is 50.1 Å². The third-order valence-corrected chi connectivity index (χ3v) is 3.36. The Balaban J connectivity index is 2.92. The topological polar surface area (TPSA) is 64.3 Å². The number of hydrogen-bond donors (Lipinski definition) is 2. The lowest BCUT2D eigenvalue weighted by Gasteiger charge is -2.34. The van der Waals surface area contributed by atoms with E-state index in [4.69, 9.17) is 10.6 Å². The van der Waals surface area contributed by atoms with Gasteiger partial charge in [0.2, 0.25) is 0 Å². The van der Waals surface area contributed by atoms with Crippen molar-refractivity contribution >= 4 is 6.09 Å². The smallest absolute Gasteiger partial charge is 0.421 e. The van der Waals surface area contributed by atoms with E-state index in [1.807, 2.05) is 37.5 Å². The molecular formula is C15H24N2O2. The number of unbranched alkanes of at least 4 members (excludes halogenated alkanes) is 1. The van der Waals surface area contributed by atoms with Crippen molar-refractivity contribution in [2.24, 2.45) is 5.84 Å². The van der Waals surface area contributed by atoms with Crippen LogP contribution in [0.1, 0.15) is 51.5 Å². The van der Waals surface area contributed by atoms with E-state index in [-0.39, 0.29) is 5.92 Å². The molecule has 0 saturated heterocycles. The molecule has 106 valence electrons. The second kappa shape index (κ2) is 7.14. The molecule has 0 aliphatic carbocycles. The molecule has 19 heavy (non-hydrogen) atoms. The number of amides is 1. The molecule has 1 aromatic carbocycles. The van der Waals surface area contributed by atoms with Crippen molar-refractivity contribution in [2.45, 2.75) is 51.6 Å². The first-order valence-corrected chi connectivity index (χ1v) is 6.75.